The number of ether oxygens (including phenoxy) is 2. The maximum absolute atomic E-state index is 11.9. The van der Waals surface area contributed by atoms with Gasteiger partial charge in [0.25, 0.3) is 0 Å². The van der Waals surface area contributed by atoms with E-state index in [0.29, 0.717) is 18.8 Å². The van der Waals surface area contributed by atoms with Gasteiger partial charge in [-0.3, -0.25) is 0 Å². The highest BCUT2D eigenvalue weighted by atomic mass is 16.5. The number of benzene rings is 3. The summed E-state index contributed by atoms with van der Waals surface area (Å²) >= 11 is 0. The Bertz CT molecular complexity index is 1130. The largest absolute Gasteiger partial charge is 0.494 e. The molecule has 0 saturated carbocycles. The third-order valence-electron chi connectivity index (χ3n) is 6.64. The number of allylic oxidation sites excluding steroid dienone is 1. The Hall–Kier alpha value is -3.37. The number of hydrogen-bond acceptors (Lipinski definition) is 3. The van der Waals surface area contributed by atoms with Crippen LogP contribution in [-0.2, 0) is 15.1 Å². The average molecular weight is 471 g/mol. The first-order valence-corrected chi connectivity index (χ1v) is 12.5. The predicted octanol–water partition coefficient (Wildman–Crippen LogP) is 7.46. The fraction of sp³-hybridized carbons (Fsp3) is 0.323. The van der Waals surface area contributed by atoms with E-state index in [1.165, 1.54) is 27.8 Å². The Kier molecular flexibility index (Phi) is 8.04. The van der Waals surface area contributed by atoms with Gasteiger partial charge in [-0.2, -0.15) is 0 Å². The summed E-state index contributed by atoms with van der Waals surface area (Å²) in [5, 5.41) is 9.76. The molecule has 1 unspecified atom stereocenters. The standard InChI is InChI=1S/C31H34O4/c1-3-4-10-22-35-31(2,30(32)33)23-17-19-24(20-18-23)34-21-11-9-16-29-27-14-7-5-12-25(27)26-13-6-8-15-28(26)29/h5-8,12-20H,3-4,9-11,21-22H2,1-2H3,(H,32,33). The molecule has 35 heavy (non-hydrogen) atoms. The number of carbonyl (C=O) groups is 1. The number of fused-ring (bicyclic) bond motifs is 3. The lowest BCUT2D eigenvalue weighted by Crippen LogP contribution is -2.35. The second-order valence-corrected chi connectivity index (χ2v) is 9.12. The van der Waals surface area contributed by atoms with Crippen molar-refractivity contribution in [2.45, 2.75) is 51.6 Å². The molecule has 1 atom stereocenters. The van der Waals surface area contributed by atoms with Crippen LogP contribution in [0, 0.1) is 0 Å². The molecule has 0 aliphatic heterocycles. The van der Waals surface area contributed by atoms with Gasteiger partial charge in [-0.05, 0) is 71.7 Å². The molecule has 182 valence electrons. The van der Waals surface area contributed by atoms with Crippen LogP contribution in [0.1, 0.15) is 62.6 Å². The zero-order chi connectivity index (χ0) is 24.7. The lowest BCUT2D eigenvalue weighted by Gasteiger charge is -2.26. The van der Waals surface area contributed by atoms with Crippen molar-refractivity contribution in [1.29, 1.82) is 0 Å². The number of rotatable bonds is 12. The van der Waals surface area contributed by atoms with Gasteiger partial charge in [0, 0.05) is 6.61 Å². The smallest absolute Gasteiger partial charge is 0.340 e. The molecule has 0 amide bonds. The molecule has 0 fully saturated rings. The van der Waals surface area contributed by atoms with Crippen LogP contribution in [-0.4, -0.2) is 24.3 Å². The summed E-state index contributed by atoms with van der Waals surface area (Å²) in [6.45, 7) is 4.75. The van der Waals surface area contributed by atoms with Gasteiger partial charge in [-0.1, -0.05) is 86.5 Å². The molecule has 3 aromatic rings. The first-order valence-electron chi connectivity index (χ1n) is 12.5. The fourth-order valence-electron chi connectivity index (χ4n) is 4.56. The molecule has 0 radical (unpaired) electrons. The molecular weight excluding hydrogens is 436 g/mol. The first-order chi connectivity index (χ1) is 17.0. The van der Waals surface area contributed by atoms with Crippen molar-refractivity contribution in [3.8, 4) is 16.9 Å². The lowest BCUT2D eigenvalue weighted by molar-refractivity contribution is -0.165. The predicted molar refractivity (Wildman–Crippen MR) is 141 cm³/mol. The number of carboxylic acid groups (broad SMARTS) is 1. The van der Waals surface area contributed by atoms with Crippen LogP contribution in [0.25, 0.3) is 16.7 Å². The molecule has 4 rings (SSSR count). The Morgan fingerprint density at radius 3 is 2.00 bits per heavy atom. The topological polar surface area (TPSA) is 55.8 Å². The van der Waals surface area contributed by atoms with Gasteiger partial charge in [0.05, 0.1) is 6.61 Å². The molecule has 3 aromatic carbocycles. The normalized spacial score (nSPS) is 13.6. The second kappa shape index (κ2) is 11.4. The molecule has 1 N–H and O–H groups in total. The van der Waals surface area contributed by atoms with Gasteiger partial charge in [0.2, 0.25) is 0 Å². The van der Waals surface area contributed by atoms with Crippen LogP contribution in [0.5, 0.6) is 5.75 Å². The summed E-state index contributed by atoms with van der Waals surface area (Å²) in [5.74, 6) is -0.248. The Morgan fingerprint density at radius 1 is 0.829 bits per heavy atom. The number of unbranched alkanes of at least 4 members (excludes halogenated alkanes) is 3. The van der Waals surface area contributed by atoms with Crippen LogP contribution in [0.3, 0.4) is 0 Å². The minimum Gasteiger partial charge on any atom is -0.494 e. The van der Waals surface area contributed by atoms with Crippen molar-refractivity contribution in [2.75, 3.05) is 13.2 Å². The molecule has 0 bridgehead atoms. The fourth-order valence-corrected chi connectivity index (χ4v) is 4.56. The van der Waals surface area contributed by atoms with Gasteiger partial charge >= 0.3 is 5.97 Å². The van der Waals surface area contributed by atoms with Gasteiger partial charge in [0.1, 0.15) is 5.75 Å². The maximum atomic E-state index is 11.9. The molecule has 1 aliphatic rings. The average Bonchev–Trinajstić information content (AvgIpc) is 3.20. The summed E-state index contributed by atoms with van der Waals surface area (Å²) in [5.41, 5.74) is 5.75. The van der Waals surface area contributed by atoms with Crippen molar-refractivity contribution >= 4 is 11.5 Å². The van der Waals surface area contributed by atoms with E-state index in [1.807, 2.05) is 12.1 Å². The van der Waals surface area contributed by atoms with Crippen molar-refractivity contribution in [3.63, 3.8) is 0 Å². The molecular formula is C31H34O4. The highest BCUT2D eigenvalue weighted by Crippen LogP contribution is 2.44. The molecule has 0 spiro atoms. The van der Waals surface area contributed by atoms with E-state index in [2.05, 4.69) is 61.5 Å². The zero-order valence-electron chi connectivity index (χ0n) is 20.6. The van der Waals surface area contributed by atoms with Crippen molar-refractivity contribution < 1.29 is 19.4 Å². The zero-order valence-corrected chi connectivity index (χ0v) is 20.6. The third kappa shape index (κ3) is 5.49. The second-order valence-electron chi connectivity index (χ2n) is 9.12. The Labute approximate surface area is 208 Å². The Morgan fingerprint density at radius 2 is 1.43 bits per heavy atom. The summed E-state index contributed by atoms with van der Waals surface area (Å²) in [6.07, 6.45) is 7.07. The SMILES string of the molecule is CCCCCOC(C)(C(=O)O)c1ccc(OCCCC=C2c3ccccc3-c3ccccc32)cc1. The van der Waals surface area contributed by atoms with E-state index in [4.69, 9.17) is 9.47 Å². The van der Waals surface area contributed by atoms with E-state index >= 15 is 0 Å². The molecule has 0 aromatic heterocycles. The van der Waals surface area contributed by atoms with Crippen molar-refractivity contribution in [1.82, 2.24) is 0 Å². The summed E-state index contributed by atoms with van der Waals surface area (Å²) in [4.78, 5) is 11.9. The Balaban J connectivity index is 1.33. The highest BCUT2D eigenvalue weighted by Gasteiger charge is 2.36. The van der Waals surface area contributed by atoms with E-state index in [1.54, 1.807) is 19.1 Å². The van der Waals surface area contributed by atoms with Crippen LogP contribution in [0.4, 0.5) is 0 Å². The van der Waals surface area contributed by atoms with Gasteiger partial charge in [-0.25, -0.2) is 4.79 Å². The van der Waals surface area contributed by atoms with Crippen molar-refractivity contribution in [2.24, 2.45) is 0 Å². The van der Waals surface area contributed by atoms with Gasteiger partial charge < -0.3 is 14.6 Å². The highest BCUT2D eigenvalue weighted by molar-refractivity contribution is 6.01. The van der Waals surface area contributed by atoms with Crippen LogP contribution >= 0.6 is 0 Å². The summed E-state index contributed by atoms with van der Waals surface area (Å²) in [7, 11) is 0. The summed E-state index contributed by atoms with van der Waals surface area (Å²) in [6, 6.07) is 24.4. The van der Waals surface area contributed by atoms with Crippen molar-refractivity contribution in [3.05, 3.63) is 95.6 Å². The van der Waals surface area contributed by atoms with Gasteiger partial charge in [-0.15, -0.1) is 0 Å². The van der Waals surface area contributed by atoms with E-state index < -0.39 is 11.6 Å². The quantitative estimate of drug-likeness (QED) is 0.218. The van der Waals surface area contributed by atoms with E-state index in [-0.39, 0.29) is 0 Å². The van der Waals surface area contributed by atoms with Crippen LogP contribution < -0.4 is 4.74 Å². The molecule has 0 saturated heterocycles. The van der Waals surface area contributed by atoms with Crippen LogP contribution in [0.2, 0.25) is 0 Å². The molecule has 1 aliphatic carbocycles. The number of hydrogen-bond donors (Lipinski definition) is 1. The minimum atomic E-state index is -1.35. The lowest BCUT2D eigenvalue weighted by atomic mass is 9.95. The monoisotopic (exact) mass is 470 g/mol. The van der Waals surface area contributed by atoms with Crippen LogP contribution in [0.15, 0.2) is 78.9 Å². The third-order valence-corrected chi connectivity index (χ3v) is 6.64. The molecule has 0 heterocycles. The maximum Gasteiger partial charge on any atom is 0.340 e. The van der Waals surface area contributed by atoms with E-state index in [0.717, 1.165) is 37.9 Å². The summed E-state index contributed by atoms with van der Waals surface area (Å²) < 4.78 is 11.7. The van der Waals surface area contributed by atoms with E-state index in [9.17, 15) is 9.90 Å². The molecule has 4 nitrogen and oxygen atoms in total. The first kappa shape index (κ1) is 24.7. The van der Waals surface area contributed by atoms with Gasteiger partial charge in [0.15, 0.2) is 5.60 Å². The number of aliphatic carboxylic acids is 1. The number of carboxylic acids is 1. The minimum absolute atomic E-state index is 0.430. The molecule has 4 heteroatoms.